The maximum absolute atomic E-state index is 3.66. The number of hydrogen-bond acceptors (Lipinski definition) is 1. The molecule has 1 fully saturated rings. The first-order chi connectivity index (χ1) is 8.34. The molecule has 0 aromatic carbocycles. The third-order valence-corrected chi connectivity index (χ3v) is 4.46. The molecule has 1 atom stereocenters. The molecule has 106 valence electrons. The fourth-order valence-corrected chi connectivity index (χ4v) is 3.30. The molecule has 0 aromatic heterocycles. The highest BCUT2D eigenvalue weighted by molar-refractivity contribution is 5.04. The van der Waals surface area contributed by atoms with Crippen LogP contribution in [-0.4, -0.2) is 12.6 Å². The molecule has 1 N–H and O–H groups in total. The zero-order valence-electron chi connectivity index (χ0n) is 13.3. The summed E-state index contributed by atoms with van der Waals surface area (Å²) in [5.74, 6) is 1.76. The van der Waals surface area contributed by atoms with Crippen LogP contribution in [0.5, 0.6) is 0 Å². The molecular weight excluding hydrogens is 218 g/mol. The van der Waals surface area contributed by atoms with Gasteiger partial charge in [-0.15, -0.1) is 0 Å². The van der Waals surface area contributed by atoms with Crippen molar-refractivity contribution < 1.29 is 0 Å². The maximum atomic E-state index is 3.66. The highest BCUT2D eigenvalue weighted by Gasteiger charge is 2.31. The second-order valence-electron chi connectivity index (χ2n) is 7.31. The lowest BCUT2D eigenvalue weighted by molar-refractivity contribution is 0.140. The van der Waals surface area contributed by atoms with E-state index in [1.807, 2.05) is 0 Å². The summed E-state index contributed by atoms with van der Waals surface area (Å²) in [7, 11) is 0. The SMILES string of the molecule is CCNC(C=C(C)C)C1CCC(C(C)(C)C)CC1. The summed E-state index contributed by atoms with van der Waals surface area (Å²) in [5, 5.41) is 3.66. The second kappa shape index (κ2) is 6.75. The van der Waals surface area contributed by atoms with Crippen molar-refractivity contribution in [1.29, 1.82) is 0 Å². The van der Waals surface area contributed by atoms with Gasteiger partial charge in [-0.1, -0.05) is 39.3 Å². The van der Waals surface area contributed by atoms with Gasteiger partial charge in [0.15, 0.2) is 0 Å². The fraction of sp³-hybridized carbons (Fsp3) is 0.882. The molecule has 0 aliphatic heterocycles. The molecule has 1 saturated carbocycles. The average Bonchev–Trinajstić information content (AvgIpc) is 2.27. The van der Waals surface area contributed by atoms with E-state index in [2.05, 4.69) is 52.9 Å². The summed E-state index contributed by atoms with van der Waals surface area (Å²) in [6, 6.07) is 0.598. The van der Waals surface area contributed by atoms with Crippen LogP contribution in [0.3, 0.4) is 0 Å². The van der Waals surface area contributed by atoms with Gasteiger partial charge in [0, 0.05) is 6.04 Å². The van der Waals surface area contributed by atoms with E-state index >= 15 is 0 Å². The summed E-state index contributed by atoms with van der Waals surface area (Å²) in [6.45, 7) is 14.9. The van der Waals surface area contributed by atoms with Gasteiger partial charge in [-0.05, 0) is 63.3 Å². The van der Waals surface area contributed by atoms with Crippen molar-refractivity contribution in [2.75, 3.05) is 6.54 Å². The number of hydrogen-bond donors (Lipinski definition) is 1. The minimum atomic E-state index is 0.495. The lowest BCUT2D eigenvalue weighted by Gasteiger charge is -2.39. The summed E-state index contributed by atoms with van der Waals surface area (Å²) in [6.07, 6.45) is 8.04. The highest BCUT2D eigenvalue weighted by Crippen LogP contribution is 2.40. The second-order valence-corrected chi connectivity index (χ2v) is 7.31. The first-order valence-corrected chi connectivity index (χ1v) is 7.73. The molecule has 18 heavy (non-hydrogen) atoms. The van der Waals surface area contributed by atoms with Gasteiger partial charge in [0.2, 0.25) is 0 Å². The molecule has 0 radical (unpaired) electrons. The Hall–Kier alpha value is -0.300. The van der Waals surface area contributed by atoms with Crippen molar-refractivity contribution in [3.05, 3.63) is 11.6 Å². The molecule has 1 aliphatic rings. The maximum Gasteiger partial charge on any atom is 0.0280 e. The van der Waals surface area contributed by atoms with Crippen LogP contribution in [0.15, 0.2) is 11.6 Å². The zero-order chi connectivity index (χ0) is 13.8. The smallest absolute Gasteiger partial charge is 0.0280 e. The van der Waals surface area contributed by atoms with Crippen LogP contribution in [0.1, 0.15) is 67.2 Å². The lowest BCUT2D eigenvalue weighted by atomic mass is 9.68. The van der Waals surface area contributed by atoms with Gasteiger partial charge >= 0.3 is 0 Å². The molecule has 1 aliphatic carbocycles. The Morgan fingerprint density at radius 2 is 1.72 bits per heavy atom. The molecule has 1 nitrogen and oxygen atoms in total. The predicted octanol–water partition coefficient (Wildman–Crippen LogP) is 4.78. The van der Waals surface area contributed by atoms with Gasteiger partial charge < -0.3 is 5.32 Å². The lowest BCUT2D eigenvalue weighted by Crippen LogP contribution is -2.38. The Morgan fingerprint density at radius 3 is 2.11 bits per heavy atom. The topological polar surface area (TPSA) is 12.0 Å². The van der Waals surface area contributed by atoms with E-state index in [1.54, 1.807) is 0 Å². The normalized spacial score (nSPS) is 26.8. The Balaban J connectivity index is 2.56. The van der Waals surface area contributed by atoms with Gasteiger partial charge in [-0.25, -0.2) is 0 Å². The molecule has 1 rings (SSSR count). The van der Waals surface area contributed by atoms with Gasteiger partial charge in [0.1, 0.15) is 0 Å². The summed E-state index contributed by atoms with van der Waals surface area (Å²) in [5.41, 5.74) is 1.94. The zero-order valence-corrected chi connectivity index (χ0v) is 13.3. The minimum Gasteiger partial charge on any atom is -0.311 e. The van der Waals surface area contributed by atoms with Crippen molar-refractivity contribution in [2.45, 2.75) is 73.3 Å². The van der Waals surface area contributed by atoms with E-state index in [9.17, 15) is 0 Å². The predicted molar refractivity (Wildman–Crippen MR) is 81.8 cm³/mol. The Morgan fingerprint density at radius 1 is 1.17 bits per heavy atom. The minimum absolute atomic E-state index is 0.495. The molecular formula is C17H33N. The van der Waals surface area contributed by atoms with E-state index in [1.165, 1.54) is 31.3 Å². The molecule has 0 bridgehead atoms. The van der Waals surface area contributed by atoms with Crippen LogP contribution in [0.2, 0.25) is 0 Å². The molecule has 1 unspecified atom stereocenters. The molecule has 0 aromatic rings. The largest absolute Gasteiger partial charge is 0.311 e. The van der Waals surface area contributed by atoms with Crippen LogP contribution in [0.4, 0.5) is 0 Å². The van der Waals surface area contributed by atoms with E-state index in [-0.39, 0.29) is 0 Å². The van der Waals surface area contributed by atoms with Crippen LogP contribution >= 0.6 is 0 Å². The third-order valence-electron chi connectivity index (χ3n) is 4.46. The van der Waals surface area contributed by atoms with Gasteiger partial charge in [-0.2, -0.15) is 0 Å². The Bertz CT molecular complexity index is 260. The van der Waals surface area contributed by atoms with E-state index in [0.29, 0.717) is 11.5 Å². The van der Waals surface area contributed by atoms with Crippen molar-refractivity contribution in [1.82, 2.24) is 5.32 Å². The van der Waals surface area contributed by atoms with Gasteiger partial charge in [-0.3, -0.25) is 0 Å². The summed E-state index contributed by atoms with van der Waals surface area (Å²) >= 11 is 0. The Kier molecular flexibility index (Phi) is 5.91. The van der Waals surface area contributed by atoms with Crippen molar-refractivity contribution >= 4 is 0 Å². The number of likely N-dealkylation sites (N-methyl/N-ethyl adjacent to an activating group) is 1. The Labute approximate surface area is 114 Å². The standard InChI is InChI=1S/C17H33N/c1-7-18-16(12-13(2)3)14-8-10-15(11-9-14)17(4,5)6/h12,14-16,18H,7-11H2,1-6H3. The highest BCUT2D eigenvalue weighted by atomic mass is 14.9. The van der Waals surface area contributed by atoms with Crippen molar-refractivity contribution in [3.8, 4) is 0 Å². The van der Waals surface area contributed by atoms with Crippen LogP contribution in [-0.2, 0) is 0 Å². The van der Waals surface area contributed by atoms with E-state index < -0.39 is 0 Å². The molecule has 0 spiro atoms. The van der Waals surface area contributed by atoms with Gasteiger partial charge in [0.25, 0.3) is 0 Å². The first-order valence-electron chi connectivity index (χ1n) is 7.73. The molecule has 0 saturated heterocycles. The van der Waals surface area contributed by atoms with Crippen molar-refractivity contribution in [2.24, 2.45) is 17.3 Å². The number of rotatable bonds is 4. The summed E-state index contributed by atoms with van der Waals surface area (Å²) < 4.78 is 0. The fourth-order valence-electron chi connectivity index (χ4n) is 3.30. The number of allylic oxidation sites excluding steroid dienone is 1. The van der Waals surface area contributed by atoms with Crippen LogP contribution in [0.25, 0.3) is 0 Å². The summed E-state index contributed by atoms with van der Waals surface area (Å²) in [4.78, 5) is 0. The van der Waals surface area contributed by atoms with Crippen molar-refractivity contribution in [3.63, 3.8) is 0 Å². The third kappa shape index (κ3) is 4.76. The van der Waals surface area contributed by atoms with Crippen LogP contribution < -0.4 is 5.32 Å². The van der Waals surface area contributed by atoms with E-state index in [4.69, 9.17) is 0 Å². The average molecular weight is 251 g/mol. The number of nitrogens with one attached hydrogen (secondary N) is 1. The quantitative estimate of drug-likeness (QED) is 0.709. The molecule has 1 heteroatoms. The molecule has 0 amide bonds. The molecule has 0 heterocycles. The van der Waals surface area contributed by atoms with Gasteiger partial charge in [0.05, 0.1) is 0 Å². The van der Waals surface area contributed by atoms with E-state index in [0.717, 1.165) is 18.4 Å². The van der Waals surface area contributed by atoms with Crippen LogP contribution in [0, 0.1) is 17.3 Å². The monoisotopic (exact) mass is 251 g/mol. The first kappa shape index (κ1) is 15.8.